The summed E-state index contributed by atoms with van der Waals surface area (Å²) in [5.41, 5.74) is 6.47. The van der Waals surface area contributed by atoms with Crippen LogP contribution in [0.3, 0.4) is 0 Å². The molecular formula is C10H15N7. The number of anilines is 1. The van der Waals surface area contributed by atoms with Gasteiger partial charge in [-0.1, -0.05) is 0 Å². The van der Waals surface area contributed by atoms with E-state index < -0.39 is 0 Å². The first kappa shape index (κ1) is 10.4. The molecule has 2 aromatic heterocycles. The highest BCUT2D eigenvalue weighted by molar-refractivity contribution is 5.45. The van der Waals surface area contributed by atoms with Gasteiger partial charge in [0.05, 0.1) is 0 Å². The lowest BCUT2D eigenvalue weighted by molar-refractivity contribution is 0.459. The molecule has 3 heterocycles. The number of hydrogen-bond acceptors (Lipinski definition) is 6. The van der Waals surface area contributed by atoms with Crippen LogP contribution < -0.4 is 10.6 Å². The van der Waals surface area contributed by atoms with Crippen molar-refractivity contribution in [3.8, 4) is 0 Å². The molecule has 1 saturated heterocycles. The molecule has 2 aromatic rings. The number of fused-ring (bicyclic) bond motifs is 1. The van der Waals surface area contributed by atoms with Gasteiger partial charge in [0.1, 0.15) is 0 Å². The predicted octanol–water partition coefficient (Wildman–Crippen LogP) is -0.163. The highest BCUT2D eigenvalue weighted by atomic mass is 15.6. The van der Waals surface area contributed by atoms with Crippen LogP contribution in [0.25, 0.3) is 5.65 Å². The first-order valence-corrected chi connectivity index (χ1v) is 5.90. The molecule has 0 radical (unpaired) electrons. The first-order chi connectivity index (χ1) is 8.38. The molecule has 3 rings (SSSR count). The van der Waals surface area contributed by atoms with Crippen LogP contribution in [0.1, 0.15) is 19.3 Å². The Bertz CT molecular complexity index is 508. The molecule has 1 aliphatic heterocycles. The number of rotatable bonds is 2. The van der Waals surface area contributed by atoms with Gasteiger partial charge in [-0.2, -0.15) is 0 Å². The van der Waals surface area contributed by atoms with Gasteiger partial charge < -0.3 is 10.6 Å². The van der Waals surface area contributed by atoms with Gasteiger partial charge in [0.2, 0.25) is 0 Å². The van der Waals surface area contributed by atoms with Gasteiger partial charge in [0.25, 0.3) is 0 Å². The van der Waals surface area contributed by atoms with Crippen molar-refractivity contribution in [3.05, 3.63) is 12.1 Å². The maximum absolute atomic E-state index is 5.81. The maximum atomic E-state index is 5.81. The van der Waals surface area contributed by atoms with Crippen LogP contribution >= 0.6 is 0 Å². The third-order valence-electron chi connectivity index (χ3n) is 3.25. The highest BCUT2D eigenvalue weighted by Gasteiger charge is 2.22. The Labute approximate surface area is 98.6 Å². The first-order valence-electron chi connectivity index (χ1n) is 5.90. The molecule has 7 heteroatoms. The minimum atomic E-state index is 0.380. The third-order valence-corrected chi connectivity index (χ3v) is 3.25. The van der Waals surface area contributed by atoms with Crippen molar-refractivity contribution >= 4 is 11.5 Å². The van der Waals surface area contributed by atoms with Crippen molar-refractivity contribution in [2.75, 3.05) is 18.0 Å². The second kappa shape index (κ2) is 4.25. The standard InChI is InChI=1S/C10H15N7/c11-7-8-3-1-2-6-16(8)10-5-4-9-12-14-15-17(9)13-10/h4-5,8H,1-3,6-7,11H2. The minimum absolute atomic E-state index is 0.380. The van der Waals surface area contributed by atoms with E-state index in [9.17, 15) is 0 Å². The van der Waals surface area contributed by atoms with E-state index in [2.05, 4.69) is 25.5 Å². The smallest absolute Gasteiger partial charge is 0.200 e. The van der Waals surface area contributed by atoms with E-state index in [0.29, 0.717) is 18.2 Å². The molecule has 0 amide bonds. The van der Waals surface area contributed by atoms with Crippen LogP contribution in [0.15, 0.2) is 12.1 Å². The lowest BCUT2D eigenvalue weighted by atomic mass is 10.0. The number of nitrogens with zero attached hydrogens (tertiary/aromatic N) is 6. The molecule has 0 spiro atoms. The molecule has 1 aliphatic rings. The van der Waals surface area contributed by atoms with Gasteiger partial charge in [0, 0.05) is 19.1 Å². The van der Waals surface area contributed by atoms with E-state index >= 15 is 0 Å². The molecule has 2 N–H and O–H groups in total. The average Bonchev–Trinajstić information content (AvgIpc) is 2.85. The van der Waals surface area contributed by atoms with Gasteiger partial charge in [-0.15, -0.1) is 14.8 Å². The number of hydrogen-bond donors (Lipinski definition) is 1. The quantitative estimate of drug-likeness (QED) is 0.775. The van der Waals surface area contributed by atoms with Crippen molar-refractivity contribution < 1.29 is 0 Å². The molecule has 1 atom stereocenters. The molecule has 7 nitrogen and oxygen atoms in total. The van der Waals surface area contributed by atoms with Crippen molar-refractivity contribution in [1.82, 2.24) is 25.3 Å². The normalized spacial score (nSPS) is 21.0. The topological polar surface area (TPSA) is 85.2 Å². The Balaban J connectivity index is 1.95. The minimum Gasteiger partial charge on any atom is -0.351 e. The number of aromatic nitrogens is 5. The summed E-state index contributed by atoms with van der Waals surface area (Å²) in [6.07, 6.45) is 3.56. The van der Waals surface area contributed by atoms with E-state index in [1.165, 1.54) is 17.5 Å². The maximum Gasteiger partial charge on any atom is 0.200 e. The summed E-state index contributed by atoms with van der Waals surface area (Å²) in [5, 5.41) is 15.6. The highest BCUT2D eigenvalue weighted by Crippen LogP contribution is 2.22. The summed E-state index contributed by atoms with van der Waals surface area (Å²) in [7, 11) is 0. The molecule has 0 bridgehead atoms. The fourth-order valence-electron chi connectivity index (χ4n) is 2.34. The fraction of sp³-hybridized carbons (Fsp3) is 0.600. The van der Waals surface area contributed by atoms with Crippen LogP contribution in [0, 0.1) is 0 Å². The van der Waals surface area contributed by atoms with Gasteiger partial charge in [-0.3, -0.25) is 0 Å². The molecule has 0 aliphatic carbocycles. The molecular weight excluding hydrogens is 218 g/mol. The monoisotopic (exact) mass is 233 g/mol. The van der Waals surface area contributed by atoms with Crippen molar-refractivity contribution in [1.29, 1.82) is 0 Å². The third kappa shape index (κ3) is 1.82. The fourth-order valence-corrected chi connectivity index (χ4v) is 2.34. The van der Waals surface area contributed by atoms with Gasteiger partial charge in [0.15, 0.2) is 11.5 Å². The van der Waals surface area contributed by atoms with Crippen LogP contribution in [0.4, 0.5) is 5.82 Å². The summed E-state index contributed by atoms with van der Waals surface area (Å²) in [5.74, 6) is 0.903. The van der Waals surface area contributed by atoms with Crippen LogP contribution in [-0.4, -0.2) is 44.4 Å². The lowest BCUT2D eigenvalue weighted by Crippen LogP contribution is -2.44. The average molecular weight is 233 g/mol. The molecule has 90 valence electrons. The summed E-state index contributed by atoms with van der Waals surface area (Å²) in [6, 6.07) is 4.22. The zero-order valence-electron chi connectivity index (χ0n) is 9.53. The van der Waals surface area contributed by atoms with Gasteiger partial charge in [-0.05, 0) is 41.8 Å². The molecule has 0 saturated carbocycles. The zero-order chi connectivity index (χ0) is 11.7. The lowest BCUT2D eigenvalue weighted by Gasteiger charge is -2.35. The largest absolute Gasteiger partial charge is 0.351 e. The van der Waals surface area contributed by atoms with Crippen molar-refractivity contribution in [3.63, 3.8) is 0 Å². The second-order valence-corrected chi connectivity index (χ2v) is 4.30. The molecule has 0 aromatic carbocycles. The summed E-state index contributed by atoms with van der Waals surface area (Å²) in [4.78, 5) is 2.25. The van der Waals surface area contributed by atoms with Gasteiger partial charge in [-0.25, -0.2) is 0 Å². The predicted molar refractivity (Wildman–Crippen MR) is 62.6 cm³/mol. The van der Waals surface area contributed by atoms with Crippen LogP contribution in [-0.2, 0) is 0 Å². The Morgan fingerprint density at radius 3 is 3.18 bits per heavy atom. The van der Waals surface area contributed by atoms with Gasteiger partial charge >= 0.3 is 0 Å². The Hall–Kier alpha value is -1.76. The second-order valence-electron chi connectivity index (χ2n) is 4.30. The number of nitrogens with two attached hydrogens (primary N) is 1. The number of tetrazole rings is 1. The van der Waals surface area contributed by atoms with E-state index in [1.807, 2.05) is 12.1 Å². The van der Waals surface area contributed by atoms with E-state index in [0.717, 1.165) is 18.8 Å². The van der Waals surface area contributed by atoms with Crippen molar-refractivity contribution in [2.45, 2.75) is 25.3 Å². The van der Waals surface area contributed by atoms with Crippen LogP contribution in [0.5, 0.6) is 0 Å². The van der Waals surface area contributed by atoms with E-state index in [4.69, 9.17) is 5.73 Å². The Morgan fingerprint density at radius 1 is 1.35 bits per heavy atom. The molecule has 1 fully saturated rings. The van der Waals surface area contributed by atoms with Crippen LogP contribution in [0.2, 0.25) is 0 Å². The summed E-state index contributed by atoms with van der Waals surface area (Å²) in [6.45, 7) is 1.66. The Morgan fingerprint density at radius 2 is 2.29 bits per heavy atom. The Kier molecular flexibility index (Phi) is 2.60. The zero-order valence-corrected chi connectivity index (χ0v) is 9.53. The van der Waals surface area contributed by atoms with E-state index in [1.54, 1.807) is 0 Å². The summed E-state index contributed by atoms with van der Waals surface area (Å²) < 4.78 is 1.46. The van der Waals surface area contributed by atoms with E-state index in [-0.39, 0.29) is 0 Å². The number of piperidine rings is 1. The summed E-state index contributed by atoms with van der Waals surface area (Å²) >= 11 is 0. The molecule has 17 heavy (non-hydrogen) atoms. The molecule has 1 unspecified atom stereocenters. The van der Waals surface area contributed by atoms with Crippen molar-refractivity contribution in [2.24, 2.45) is 5.73 Å². The SMILES string of the molecule is NCC1CCCCN1c1ccc2nnnn2n1.